The predicted octanol–water partition coefficient (Wildman–Crippen LogP) is 4.74. The van der Waals surface area contributed by atoms with Crippen molar-refractivity contribution < 1.29 is 19.2 Å². The number of nitrogens with zero attached hydrogens (tertiary/aromatic N) is 2. The van der Waals surface area contributed by atoms with Gasteiger partial charge < -0.3 is 9.47 Å². The van der Waals surface area contributed by atoms with Gasteiger partial charge in [-0.15, -0.1) is 0 Å². The molecule has 7 aliphatic rings. The fraction of sp³-hybridized carbons (Fsp3) is 0.821. The van der Waals surface area contributed by atoms with E-state index in [0.717, 1.165) is 81.7 Å². The average molecular weight is 469 g/mol. The van der Waals surface area contributed by atoms with Gasteiger partial charge in [0.2, 0.25) is 5.88 Å². The molecule has 1 aromatic rings. The van der Waals surface area contributed by atoms with E-state index in [-0.39, 0.29) is 11.2 Å². The molecule has 2 saturated heterocycles. The fourth-order valence-electron chi connectivity index (χ4n) is 8.80. The summed E-state index contributed by atoms with van der Waals surface area (Å²) in [5.41, 5.74) is 1.26. The first-order valence-corrected chi connectivity index (χ1v) is 14.0. The van der Waals surface area contributed by atoms with E-state index >= 15 is 0 Å². The van der Waals surface area contributed by atoms with Crippen LogP contribution in [0.2, 0.25) is 0 Å². The summed E-state index contributed by atoms with van der Waals surface area (Å²) in [6.07, 6.45) is 14.8. The molecule has 2 aliphatic heterocycles. The lowest BCUT2D eigenvalue weighted by Gasteiger charge is -2.58. The van der Waals surface area contributed by atoms with Crippen LogP contribution >= 0.6 is 0 Å². The molecule has 6 nitrogen and oxygen atoms in total. The molecular weight excluding hydrogens is 428 g/mol. The van der Waals surface area contributed by atoms with Gasteiger partial charge in [0.25, 0.3) is 0 Å². The highest BCUT2D eigenvalue weighted by Gasteiger charge is 2.65. The zero-order valence-electron chi connectivity index (χ0n) is 20.5. The summed E-state index contributed by atoms with van der Waals surface area (Å²) >= 11 is 0. The quantitative estimate of drug-likeness (QED) is 0.582. The molecule has 7 fully saturated rings. The standard InChI is InChI=1S/C28H40N2O4/c1-2-22(23-3-4-26(29-18-23)32-11-8-30-6-9-31-10-7-30)17-27(5-1)19-28(34-33-27)24-13-20-12-21(15-24)16-25(28)14-20/h3-4,18,20-22,24-25H,1-2,5-17,19H2/t20?,21?,22?,24?,25?,27-,28?/m1/s1. The van der Waals surface area contributed by atoms with Gasteiger partial charge in [0, 0.05) is 38.3 Å². The molecule has 5 aliphatic carbocycles. The summed E-state index contributed by atoms with van der Waals surface area (Å²) in [6, 6.07) is 4.29. The summed E-state index contributed by atoms with van der Waals surface area (Å²) in [5, 5.41) is 0. The van der Waals surface area contributed by atoms with Gasteiger partial charge in [0.15, 0.2) is 0 Å². The maximum atomic E-state index is 6.46. The third kappa shape index (κ3) is 3.89. The van der Waals surface area contributed by atoms with E-state index in [1.165, 1.54) is 50.5 Å². The van der Waals surface area contributed by atoms with Crippen molar-refractivity contribution in [2.45, 2.75) is 81.3 Å². The molecule has 1 aromatic heterocycles. The first-order chi connectivity index (χ1) is 16.7. The minimum absolute atomic E-state index is 0.0196. The number of ether oxygens (including phenoxy) is 2. The molecule has 186 valence electrons. The molecule has 6 heteroatoms. The Bertz CT molecular complexity index is 842. The SMILES string of the molecule is c1cc(OCCN2CCOCC2)ncc1C1CCC[C@@]2(C1)CC1(OO2)C2CC3CC(C2)CC1C3. The Morgan fingerprint density at radius 1 is 1.00 bits per heavy atom. The highest BCUT2D eigenvalue weighted by atomic mass is 17.2. The van der Waals surface area contributed by atoms with Gasteiger partial charge in [-0.3, -0.25) is 4.90 Å². The van der Waals surface area contributed by atoms with Gasteiger partial charge in [-0.1, -0.05) is 6.07 Å². The number of hydrogen-bond acceptors (Lipinski definition) is 6. The fourth-order valence-corrected chi connectivity index (χ4v) is 8.80. The molecule has 3 heterocycles. The van der Waals surface area contributed by atoms with E-state index in [2.05, 4.69) is 22.0 Å². The third-order valence-corrected chi connectivity index (χ3v) is 10.3. The molecule has 34 heavy (non-hydrogen) atoms. The molecular formula is C28H40N2O4. The predicted molar refractivity (Wildman–Crippen MR) is 127 cm³/mol. The number of morpholine rings is 1. The molecule has 1 unspecified atom stereocenters. The normalized spacial score (nSPS) is 43.7. The smallest absolute Gasteiger partial charge is 0.213 e. The summed E-state index contributed by atoms with van der Waals surface area (Å²) in [4.78, 5) is 19.9. The number of hydrogen-bond donors (Lipinski definition) is 0. The highest BCUT2D eigenvalue weighted by molar-refractivity contribution is 5.23. The van der Waals surface area contributed by atoms with E-state index in [0.29, 0.717) is 12.5 Å². The largest absolute Gasteiger partial charge is 0.476 e. The first kappa shape index (κ1) is 22.0. The summed E-state index contributed by atoms with van der Waals surface area (Å²) < 4.78 is 11.4. The Morgan fingerprint density at radius 2 is 1.79 bits per heavy atom. The van der Waals surface area contributed by atoms with Crippen LogP contribution in [0.5, 0.6) is 5.88 Å². The van der Waals surface area contributed by atoms with Crippen LogP contribution in [0.1, 0.15) is 75.7 Å². The molecule has 0 aromatic carbocycles. The van der Waals surface area contributed by atoms with Crippen LogP contribution in [-0.4, -0.2) is 60.5 Å². The van der Waals surface area contributed by atoms with Crippen LogP contribution in [0.25, 0.3) is 0 Å². The second kappa shape index (κ2) is 8.72. The molecule has 4 bridgehead atoms. The lowest BCUT2D eigenvalue weighted by atomic mass is 9.48. The maximum Gasteiger partial charge on any atom is 0.213 e. The first-order valence-electron chi connectivity index (χ1n) is 14.0. The molecule has 0 radical (unpaired) electrons. The zero-order valence-corrected chi connectivity index (χ0v) is 20.5. The topological polar surface area (TPSA) is 53.1 Å². The molecule has 2 spiro atoms. The van der Waals surface area contributed by atoms with E-state index in [1.54, 1.807) is 0 Å². The minimum Gasteiger partial charge on any atom is -0.476 e. The lowest BCUT2D eigenvalue weighted by Crippen LogP contribution is -2.58. The van der Waals surface area contributed by atoms with Crippen molar-refractivity contribution in [1.29, 1.82) is 0 Å². The van der Waals surface area contributed by atoms with Gasteiger partial charge in [-0.05, 0) is 92.9 Å². The van der Waals surface area contributed by atoms with Gasteiger partial charge in [-0.25, -0.2) is 14.8 Å². The van der Waals surface area contributed by atoms with Crippen molar-refractivity contribution in [3.05, 3.63) is 23.9 Å². The lowest BCUT2D eigenvalue weighted by molar-refractivity contribution is -0.385. The van der Waals surface area contributed by atoms with E-state index < -0.39 is 0 Å². The van der Waals surface area contributed by atoms with Crippen molar-refractivity contribution >= 4 is 0 Å². The van der Waals surface area contributed by atoms with E-state index in [9.17, 15) is 0 Å². The van der Waals surface area contributed by atoms with Crippen molar-refractivity contribution in [2.24, 2.45) is 23.7 Å². The maximum absolute atomic E-state index is 6.46. The molecule has 2 atom stereocenters. The van der Waals surface area contributed by atoms with Crippen LogP contribution in [0.3, 0.4) is 0 Å². The summed E-state index contributed by atoms with van der Waals surface area (Å²) in [6.45, 7) is 5.25. The Balaban J connectivity index is 0.981. The summed E-state index contributed by atoms with van der Waals surface area (Å²) in [5.74, 6) is 4.63. The number of rotatable bonds is 5. The Kier molecular flexibility index (Phi) is 5.65. The van der Waals surface area contributed by atoms with Crippen LogP contribution < -0.4 is 4.74 Å². The Labute approximate surface area is 203 Å². The zero-order chi connectivity index (χ0) is 22.6. The van der Waals surface area contributed by atoms with E-state index in [1.807, 2.05) is 6.20 Å². The van der Waals surface area contributed by atoms with Gasteiger partial charge >= 0.3 is 0 Å². The van der Waals surface area contributed by atoms with Gasteiger partial charge in [0.1, 0.15) is 17.8 Å². The van der Waals surface area contributed by atoms with Gasteiger partial charge in [0.05, 0.1) is 13.2 Å². The van der Waals surface area contributed by atoms with Crippen LogP contribution in [0.15, 0.2) is 18.3 Å². The van der Waals surface area contributed by atoms with E-state index in [4.69, 9.17) is 19.2 Å². The third-order valence-electron chi connectivity index (χ3n) is 10.3. The monoisotopic (exact) mass is 468 g/mol. The highest BCUT2D eigenvalue weighted by Crippen LogP contribution is 2.65. The van der Waals surface area contributed by atoms with Crippen molar-refractivity contribution in [3.63, 3.8) is 0 Å². The molecule has 0 N–H and O–H groups in total. The Hall–Kier alpha value is -1.21. The second-order valence-corrected chi connectivity index (χ2v) is 12.3. The summed E-state index contributed by atoms with van der Waals surface area (Å²) in [7, 11) is 0. The molecule has 0 amide bonds. The Morgan fingerprint density at radius 3 is 2.53 bits per heavy atom. The number of aromatic nitrogens is 1. The van der Waals surface area contributed by atoms with Crippen LogP contribution in [0, 0.1) is 23.7 Å². The van der Waals surface area contributed by atoms with Crippen molar-refractivity contribution in [1.82, 2.24) is 9.88 Å². The number of pyridine rings is 1. The van der Waals surface area contributed by atoms with Crippen molar-refractivity contribution in [2.75, 3.05) is 39.5 Å². The van der Waals surface area contributed by atoms with Crippen LogP contribution in [-0.2, 0) is 14.5 Å². The minimum atomic E-state index is -0.0917. The van der Waals surface area contributed by atoms with Crippen molar-refractivity contribution in [3.8, 4) is 5.88 Å². The molecule has 5 saturated carbocycles. The average Bonchev–Trinajstić information content (AvgIpc) is 3.22. The van der Waals surface area contributed by atoms with Gasteiger partial charge in [-0.2, -0.15) is 0 Å². The van der Waals surface area contributed by atoms with Crippen LogP contribution in [0.4, 0.5) is 0 Å². The second-order valence-electron chi connectivity index (χ2n) is 12.3. The molecule has 8 rings (SSSR count).